The van der Waals surface area contributed by atoms with Crippen molar-refractivity contribution >= 4 is 0 Å². The average molecular weight is 497 g/mol. The van der Waals surface area contributed by atoms with Gasteiger partial charge in [-0.2, -0.15) is 12.5 Å². The first kappa shape index (κ1) is 25.7. The van der Waals surface area contributed by atoms with Crippen molar-refractivity contribution in [2.24, 2.45) is 5.92 Å². The predicted octanol–water partition coefficient (Wildman–Crippen LogP) is 4.07. The van der Waals surface area contributed by atoms with E-state index in [1.807, 2.05) is 6.08 Å². The zero-order valence-electron chi connectivity index (χ0n) is 14.9. The van der Waals surface area contributed by atoms with Crippen molar-refractivity contribution in [3.8, 4) is 0 Å². The van der Waals surface area contributed by atoms with Crippen LogP contribution < -0.4 is 0 Å². The van der Waals surface area contributed by atoms with Gasteiger partial charge in [0.1, 0.15) is 0 Å². The van der Waals surface area contributed by atoms with Gasteiger partial charge in [0.15, 0.2) is 5.79 Å². The first-order valence-electron chi connectivity index (χ1n) is 7.89. The molecular formula is C20H30HfO3-2. The third-order valence-corrected chi connectivity index (χ3v) is 3.13. The van der Waals surface area contributed by atoms with Crippen molar-refractivity contribution in [2.75, 3.05) is 6.61 Å². The maximum atomic E-state index is 8.08. The van der Waals surface area contributed by atoms with Crippen LogP contribution >= 0.6 is 0 Å². The second-order valence-electron chi connectivity index (χ2n) is 5.81. The SMILES string of the molecule is C=CCC[C-]1OCCC1Cc1ccccc1.CC(C)(O)O.[CH-]=C.[Hf]. The molecule has 0 saturated carbocycles. The number of aliphatic hydroxyl groups is 2. The van der Waals surface area contributed by atoms with Crippen molar-refractivity contribution < 1.29 is 40.8 Å². The summed E-state index contributed by atoms with van der Waals surface area (Å²) >= 11 is 0. The Morgan fingerprint density at radius 1 is 1.29 bits per heavy atom. The molecule has 1 aliphatic rings. The first-order chi connectivity index (χ1) is 10.9. The molecule has 1 aromatic carbocycles. The fourth-order valence-electron chi connectivity index (χ4n) is 2.25. The molecule has 1 unspecified atom stereocenters. The Labute approximate surface area is 166 Å². The van der Waals surface area contributed by atoms with E-state index in [4.69, 9.17) is 14.9 Å². The van der Waals surface area contributed by atoms with Gasteiger partial charge in [-0.15, -0.1) is 12.5 Å². The summed E-state index contributed by atoms with van der Waals surface area (Å²) in [5, 5.41) is 16.2. The zero-order chi connectivity index (χ0) is 17.7. The van der Waals surface area contributed by atoms with Gasteiger partial charge in [-0.3, -0.25) is 6.58 Å². The topological polar surface area (TPSA) is 49.7 Å². The standard InChI is InChI=1S/C15H19O.C3H8O2.C2H3.Hf/c1-2-3-9-15-14(10-11-16-15)12-13-7-5-4-6-8-13;1-3(2,4)5;1-2;/h2,4-8,14H,1,3,9-12H2;4-5H,1-2H3;1H,2H2;/q-1;;-1;. The van der Waals surface area contributed by atoms with E-state index in [0.29, 0.717) is 5.92 Å². The fourth-order valence-corrected chi connectivity index (χ4v) is 2.25. The average Bonchev–Trinajstić information content (AvgIpc) is 2.94. The minimum atomic E-state index is -1.50. The van der Waals surface area contributed by atoms with Crippen molar-refractivity contribution in [3.05, 3.63) is 67.8 Å². The summed E-state index contributed by atoms with van der Waals surface area (Å²) in [7, 11) is 0. The third kappa shape index (κ3) is 13.8. The summed E-state index contributed by atoms with van der Waals surface area (Å²) in [6.07, 6.45) is 7.61. The van der Waals surface area contributed by atoms with Crippen molar-refractivity contribution in [1.29, 1.82) is 0 Å². The number of benzene rings is 1. The van der Waals surface area contributed by atoms with Gasteiger partial charge in [0.05, 0.1) is 0 Å². The van der Waals surface area contributed by atoms with E-state index in [1.54, 1.807) is 0 Å². The van der Waals surface area contributed by atoms with Gasteiger partial charge in [-0.1, -0.05) is 61.2 Å². The number of hydrogen-bond donors (Lipinski definition) is 2. The molecule has 4 heteroatoms. The summed E-state index contributed by atoms with van der Waals surface area (Å²) in [4.78, 5) is 0. The maximum absolute atomic E-state index is 8.08. The molecule has 24 heavy (non-hydrogen) atoms. The molecule has 1 atom stereocenters. The molecule has 0 spiro atoms. The molecule has 134 valence electrons. The second kappa shape index (κ2) is 14.8. The maximum Gasteiger partial charge on any atom is 0.156 e. The van der Waals surface area contributed by atoms with Crippen LogP contribution in [0.2, 0.25) is 0 Å². The molecule has 2 N–H and O–H groups in total. The Kier molecular flexibility index (Phi) is 15.8. The molecule has 0 amide bonds. The Bertz CT molecular complexity index is 409. The quantitative estimate of drug-likeness (QED) is 0.280. The fraction of sp³-hybridized carbons (Fsp3) is 0.450. The largest absolute Gasteiger partial charge is 0.549 e. The van der Waals surface area contributed by atoms with Gasteiger partial charge in [0.2, 0.25) is 0 Å². The van der Waals surface area contributed by atoms with Gasteiger partial charge in [-0.05, 0) is 13.8 Å². The summed E-state index contributed by atoms with van der Waals surface area (Å²) in [5.41, 5.74) is 1.41. The number of ether oxygens (including phenoxy) is 1. The molecule has 0 aliphatic carbocycles. The van der Waals surface area contributed by atoms with Gasteiger partial charge >= 0.3 is 0 Å². The van der Waals surface area contributed by atoms with Crippen LogP contribution in [-0.4, -0.2) is 22.6 Å². The summed E-state index contributed by atoms with van der Waals surface area (Å²) in [5.74, 6) is -0.887. The molecule has 1 saturated heterocycles. The van der Waals surface area contributed by atoms with E-state index >= 15 is 0 Å². The van der Waals surface area contributed by atoms with Crippen LogP contribution in [0.3, 0.4) is 0 Å². The minimum Gasteiger partial charge on any atom is -0.549 e. The number of rotatable bonds is 5. The van der Waals surface area contributed by atoms with Gasteiger partial charge in [0.25, 0.3) is 0 Å². The molecule has 1 fully saturated rings. The molecule has 1 heterocycles. The van der Waals surface area contributed by atoms with E-state index in [1.165, 1.54) is 31.9 Å². The monoisotopic (exact) mass is 498 g/mol. The van der Waals surface area contributed by atoms with Crippen LogP contribution in [0, 0.1) is 18.6 Å². The van der Waals surface area contributed by atoms with Crippen molar-refractivity contribution in [1.82, 2.24) is 0 Å². The van der Waals surface area contributed by atoms with Crippen LogP contribution in [-0.2, 0) is 37.0 Å². The molecular weight excluding hydrogens is 467 g/mol. The summed E-state index contributed by atoms with van der Waals surface area (Å²) in [6.45, 7) is 14.3. The van der Waals surface area contributed by atoms with Crippen LogP contribution in [0.5, 0.6) is 0 Å². The molecule has 0 bridgehead atoms. The molecule has 1 aromatic rings. The molecule has 0 radical (unpaired) electrons. The Balaban J connectivity index is 0. The van der Waals surface area contributed by atoms with Crippen LogP contribution in [0.1, 0.15) is 38.7 Å². The van der Waals surface area contributed by atoms with E-state index < -0.39 is 5.79 Å². The number of allylic oxidation sites excluding steroid dienone is 1. The van der Waals surface area contributed by atoms with Crippen LogP contribution in [0.25, 0.3) is 0 Å². The number of hydrogen-bond acceptors (Lipinski definition) is 3. The predicted molar refractivity (Wildman–Crippen MR) is 95.3 cm³/mol. The third-order valence-electron chi connectivity index (χ3n) is 3.13. The Hall–Kier alpha value is -0.550. The molecule has 3 nitrogen and oxygen atoms in total. The van der Waals surface area contributed by atoms with Crippen molar-refractivity contribution in [2.45, 2.75) is 45.3 Å². The smallest absolute Gasteiger partial charge is 0.156 e. The van der Waals surface area contributed by atoms with E-state index in [0.717, 1.165) is 25.9 Å². The van der Waals surface area contributed by atoms with E-state index in [2.05, 4.69) is 50.1 Å². The normalized spacial score (nSPS) is 16.8. The Morgan fingerprint density at radius 2 is 1.83 bits per heavy atom. The first-order valence-corrected chi connectivity index (χ1v) is 7.89. The van der Waals surface area contributed by atoms with Gasteiger partial charge < -0.3 is 21.5 Å². The summed E-state index contributed by atoms with van der Waals surface area (Å²) in [6, 6.07) is 10.7. The van der Waals surface area contributed by atoms with Crippen LogP contribution in [0.15, 0.2) is 49.6 Å². The Morgan fingerprint density at radius 3 is 2.33 bits per heavy atom. The van der Waals surface area contributed by atoms with Gasteiger partial charge in [0, 0.05) is 32.5 Å². The van der Waals surface area contributed by atoms with E-state index in [9.17, 15) is 0 Å². The molecule has 0 aromatic heterocycles. The summed E-state index contributed by atoms with van der Waals surface area (Å²) < 4.78 is 5.71. The molecule has 1 aliphatic heterocycles. The zero-order valence-corrected chi connectivity index (χ0v) is 18.5. The molecule has 2 rings (SSSR count). The van der Waals surface area contributed by atoms with Crippen LogP contribution in [0.4, 0.5) is 0 Å². The van der Waals surface area contributed by atoms with Gasteiger partial charge in [-0.25, -0.2) is 0 Å². The van der Waals surface area contributed by atoms with Crippen molar-refractivity contribution in [3.63, 3.8) is 0 Å². The second-order valence-corrected chi connectivity index (χ2v) is 5.81. The minimum absolute atomic E-state index is 0. The van der Waals surface area contributed by atoms with E-state index in [-0.39, 0.29) is 25.8 Å².